The predicted octanol–water partition coefficient (Wildman–Crippen LogP) is 1.94. The number of ether oxygens (including phenoxy) is 2. The largest absolute Gasteiger partial charge is 0.493 e. The Labute approximate surface area is 115 Å². The number of alkyl halides is 2. The van der Waals surface area contributed by atoms with Crippen molar-refractivity contribution in [1.82, 2.24) is 0 Å². The van der Waals surface area contributed by atoms with Crippen LogP contribution in [0.4, 0.5) is 8.78 Å². The molecule has 0 aromatic heterocycles. The van der Waals surface area contributed by atoms with Crippen LogP contribution in [0.3, 0.4) is 0 Å². The van der Waals surface area contributed by atoms with E-state index >= 15 is 0 Å². The molecule has 1 aromatic rings. The van der Waals surface area contributed by atoms with Gasteiger partial charge >= 0.3 is 5.97 Å². The van der Waals surface area contributed by atoms with Gasteiger partial charge in [0.05, 0.1) is 20.1 Å². The number of hydrogen-bond donors (Lipinski definition) is 2. The average molecular weight is 289 g/mol. The number of benzene rings is 1. The predicted molar refractivity (Wildman–Crippen MR) is 68.5 cm³/mol. The maximum atomic E-state index is 13.5. The van der Waals surface area contributed by atoms with E-state index in [1.54, 1.807) is 0 Å². The van der Waals surface area contributed by atoms with Crippen molar-refractivity contribution in [3.05, 3.63) is 23.3 Å². The smallest absolute Gasteiger partial charge is 0.312 e. The highest BCUT2D eigenvalue weighted by Crippen LogP contribution is 2.41. The van der Waals surface area contributed by atoms with Crippen LogP contribution in [0.1, 0.15) is 24.0 Å². The van der Waals surface area contributed by atoms with Gasteiger partial charge in [0.15, 0.2) is 11.5 Å². The van der Waals surface area contributed by atoms with E-state index in [4.69, 9.17) is 20.3 Å². The third kappa shape index (κ3) is 3.16. The van der Waals surface area contributed by atoms with E-state index in [0.717, 1.165) is 19.1 Å². The average Bonchev–Trinajstić information content (AvgIpc) is 2.36. The fourth-order valence-corrected chi connectivity index (χ4v) is 1.87. The van der Waals surface area contributed by atoms with Gasteiger partial charge in [0, 0.05) is 24.6 Å². The van der Waals surface area contributed by atoms with Crippen molar-refractivity contribution in [2.75, 3.05) is 20.8 Å². The van der Waals surface area contributed by atoms with Gasteiger partial charge in [-0.25, -0.2) is 8.78 Å². The van der Waals surface area contributed by atoms with Crippen LogP contribution in [0.25, 0.3) is 0 Å². The Bertz CT molecular complexity index is 500. The third-order valence-corrected chi connectivity index (χ3v) is 2.92. The monoisotopic (exact) mass is 289 g/mol. The molecule has 0 fully saturated rings. The molecule has 1 unspecified atom stereocenters. The molecule has 0 amide bonds. The van der Waals surface area contributed by atoms with Crippen molar-refractivity contribution in [2.24, 2.45) is 5.73 Å². The standard InChI is InChI=1S/C13H17F2NO4/c1-13(14,15)7-4-8(9(6-16)12(17)18)11(20-3)10(5-7)19-2/h4-5,9H,6,16H2,1-3H3,(H,17,18). The minimum atomic E-state index is -3.13. The molecule has 1 aromatic carbocycles. The summed E-state index contributed by atoms with van der Waals surface area (Å²) in [5.41, 5.74) is 5.13. The van der Waals surface area contributed by atoms with Gasteiger partial charge in [-0.2, -0.15) is 0 Å². The lowest BCUT2D eigenvalue weighted by molar-refractivity contribution is -0.138. The van der Waals surface area contributed by atoms with E-state index in [-0.39, 0.29) is 29.2 Å². The Kier molecular flexibility index (Phi) is 4.88. The van der Waals surface area contributed by atoms with Crippen LogP contribution >= 0.6 is 0 Å². The van der Waals surface area contributed by atoms with Gasteiger partial charge in [0.25, 0.3) is 5.92 Å². The van der Waals surface area contributed by atoms with Crippen LogP contribution < -0.4 is 15.2 Å². The molecule has 5 nitrogen and oxygen atoms in total. The first-order chi connectivity index (χ1) is 9.26. The molecule has 0 saturated carbocycles. The fraction of sp³-hybridized carbons (Fsp3) is 0.462. The molecule has 7 heteroatoms. The Balaban J connectivity index is 3.57. The second-order valence-electron chi connectivity index (χ2n) is 4.32. The van der Waals surface area contributed by atoms with Gasteiger partial charge in [-0.3, -0.25) is 4.79 Å². The van der Waals surface area contributed by atoms with Gasteiger partial charge < -0.3 is 20.3 Å². The summed E-state index contributed by atoms with van der Waals surface area (Å²) in [5, 5.41) is 9.14. The summed E-state index contributed by atoms with van der Waals surface area (Å²) in [4.78, 5) is 11.2. The van der Waals surface area contributed by atoms with Crippen molar-refractivity contribution in [2.45, 2.75) is 18.8 Å². The summed E-state index contributed by atoms with van der Waals surface area (Å²) in [7, 11) is 2.60. The molecule has 0 aliphatic heterocycles. The molecule has 0 aliphatic rings. The first-order valence-electron chi connectivity index (χ1n) is 5.83. The van der Waals surface area contributed by atoms with Crippen LogP contribution in [-0.2, 0) is 10.7 Å². The van der Waals surface area contributed by atoms with Crippen molar-refractivity contribution in [1.29, 1.82) is 0 Å². The van der Waals surface area contributed by atoms with Crippen molar-refractivity contribution >= 4 is 5.97 Å². The number of methoxy groups -OCH3 is 2. The second kappa shape index (κ2) is 6.04. The highest BCUT2D eigenvalue weighted by molar-refractivity contribution is 5.78. The topological polar surface area (TPSA) is 81.8 Å². The Morgan fingerprint density at radius 3 is 2.35 bits per heavy atom. The molecule has 0 aliphatic carbocycles. The van der Waals surface area contributed by atoms with E-state index in [0.29, 0.717) is 0 Å². The molecule has 0 radical (unpaired) electrons. The molecule has 1 rings (SSSR count). The lowest BCUT2D eigenvalue weighted by atomic mass is 9.94. The van der Waals surface area contributed by atoms with Gasteiger partial charge in [0.1, 0.15) is 0 Å². The number of hydrogen-bond acceptors (Lipinski definition) is 4. The van der Waals surface area contributed by atoms with Gasteiger partial charge in [-0.15, -0.1) is 0 Å². The number of carboxylic acid groups (broad SMARTS) is 1. The van der Waals surface area contributed by atoms with Crippen LogP contribution in [0.2, 0.25) is 0 Å². The van der Waals surface area contributed by atoms with Crippen molar-refractivity contribution in [3.8, 4) is 11.5 Å². The summed E-state index contributed by atoms with van der Waals surface area (Å²) < 4.78 is 37.0. The lowest BCUT2D eigenvalue weighted by Crippen LogP contribution is -2.22. The maximum Gasteiger partial charge on any atom is 0.312 e. The minimum absolute atomic E-state index is 0.0428. The summed E-state index contributed by atoms with van der Waals surface area (Å²) in [6.45, 7) is 0.476. The van der Waals surface area contributed by atoms with Crippen LogP contribution in [0.5, 0.6) is 11.5 Å². The molecule has 0 spiro atoms. The highest BCUT2D eigenvalue weighted by Gasteiger charge is 2.31. The van der Waals surface area contributed by atoms with E-state index in [2.05, 4.69) is 0 Å². The Hall–Kier alpha value is -1.89. The lowest BCUT2D eigenvalue weighted by Gasteiger charge is -2.20. The zero-order chi connectivity index (χ0) is 15.5. The maximum absolute atomic E-state index is 13.5. The van der Waals surface area contributed by atoms with Crippen LogP contribution in [0.15, 0.2) is 12.1 Å². The molecule has 3 N–H and O–H groups in total. The number of nitrogens with two attached hydrogens (primary N) is 1. The second-order valence-corrected chi connectivity index (χ2v) is 4.32. The number of carbonyl (C=O) groups is 1. The van der Waals surface area contributed by atoms with Crippen LogP contribution in [-0.4, -0.2) is 31.8 Å². The molecule has 0 heterocycles. The number of halogens is 2. The molecule has 112 valence electrons. The SMILES string of the molecule is COc1cc(C(C)(F)F)cc(C(CN)C(=O)O)c1OC. The molecule has 0 saturated heterocycles. The van der Waals surface area contributed by atoms with Crippen molar-refractivity contribution < 1.29 is 28.2 Å². The van der Waals surface area contributed by atoms with Crippen LogP contribution in [0, 0.1) is 0 Å². The summed E-state index contributed by atoms with van der Waals surface area (Å²) >= 11 is 0. The highest BCUT2D eigenvalue weighted by atomic mass is 19.3. The summed E-state index contributed by atoms with van der Waals surface area (Å²) in [5.74, 6) is -5.36. The zero-order valence-corrected chi connectivity index (χ0v) is 11.4. The molecule has 20 heavy (non-hydrogen) atoms. The zero-order valence-electron chi connectivity index (χ0n) is 11.4. The van der Waals surface area contributed by atoms with Gasteiger partial charge in [-0.05, 0) is 12.1 Å². The van der Waals surface area contributed by atoms with E-state index < -0.39 is 17.8 Å². The number of aliphatic carboxylic acids is 1. The summed E-state index contributed by atoms with van der Waals surface area (Å²) in [6.07, 6.45) is 0. The number of carboxylic acids is 1. The molecule has 1 atom stereocenters. The fourth-order valence-electron chi connectivity index (χ4n) is 1.87. The Morgan fingerprint density at radius 2 is 2.00 bits per heavy atom. The molecule has 0 bridgehead atoms. The van der Waals surface area contributed by atoms with Gasteiger partial charge in [0.2, 0.25) is 0 Å². The normalized spacial score (nSPS) is 12.9. The quantitative estimate of drug-likeness (QED) is 0.836. The number of rotatable bonds is 6. The van der Waals surface area contributed by atoms with E-state index in [9.17, 15) is 13.6 Å². The van der Waals surface area contributed by atoms with Crippen molar-refractivity contribution in [3.63, 3.8) is 0 Å². The molecular formula is C13H17F2NO4. The molecular weight excluding hydrogens is 272 g/mol. The summed E-state index contributed by atoms with van der Waals surface area (Å²) in [6, 6.07) is 2.21. The minimum Gasteiger partial charge on any atom is -0.493 e. The van der Waals surface area contributed by atoms with E-state index in [1.165, 1.54) is 14.2 Å². The first-order valence-corrected chi connectivity index (χ1v) is 5.83. The van der Waals surface area contributed by atoms with Gasteiger partial charge in [-0.1, -0.05) is 0 Å². The first kappa shape index (κ1) is 16.2. The Morgan fingerprint density at radius 1 is 1.40 bits per heavy atom. The van der Waals surface area contributed by atoms with E-state index in [1.807, 2.05) is 0 Å². The third-order valence-electron chi connectivity index (χ3n) is 2.92.